The number of pyridine rings is 1. The van der Waals surface area contributed by atoms with Crippen LogP contribution in [0, 0.1) is 0 Å². The quantitative estimate of drug-likeness (QED) is 0.865. The lowest BCUT2D eigenvalue weighted by atomic mass is 9.90. The van der Waals surface area contributed by atoms with Gasteiger partial charge in [-0.2, -0.15) is 0 Å². The topological polar surface area (TPSA) is 34.6 Å². The third-order valence-electron chi connectivity index (χ3n) is 4.30. The molecule has 0 radical (unpaired) electrons. The standard InChI is InChI=1S/C18H22N2O2/c1-21-17-7-5-14(6-8-17)15-4-3-11-20(13-15)16-9-10-19-18(12-16)22-2/h5-10,12,15H,3-4,11,13H2,1-2H3. The van der Waals surface area contributed by atoms with Crippen molar-refractivity contribution >= 4 is 5.69 Å². The van der Waals surface area contributed by atoms with E-state index in [4.69, 9.17) is 9.47 Å². The van der Waals surface area contributed by atoms with Crippen LogP contribution in [0.2, 0.25) is 0 Å². The Bertz CT molecular complexity index is 613. The van der Waals surface area contributed by atoms with Crippen LogP contribution in [0.4, 0.5) is 5.69 Å². The van der Waals surface area contributed by atoms with Gasteiger partial charge in [-0.25, -0.2) is 4.98 Å². The Balaban J connectivity index is 1.75. The Morgan fingerprint density at radius 2 is 1.91 bits per heavy atom. The first kappa shape index (κ1) is 14.7. The first-order valence-electron chi connectivity index (χ1n) is 7.69. The maximum atomic E-state index is 5.24. The Hall–Kier alpha value is -2.23. The first-order valence-corrected chi connectivity index (χ1v) is 7.69. The van der Waals surface area contributed by atoms with E-state index < -0.39 is 0 Å². The highest BCUT2D eigenvalue weighted by Crippen LogP contribution is 2.31. The van der Waals surface area contributed by atoms with Gasteiger partial charge in [-0.1, -0.05) is 12.1 Å². The van der Waals surface area contributed by atoms with Gasteiger partial charge in [-0.3, -0.25) is 0 Å². The summed E-state index contributed by atoms with van der Waals surface area (Å²) in [6, 6.07) is 12.5. The number of benzene rings is 1. The van der Waals surface area contributed by atoms with E-state index in [1.807, 2.05) is 24.4 Å². The van der Waals surface area contributed by atoms with E-state index in [1.54, 1.807) is 14.2 Å². The normalized spacial score (nSPS) is 18.1. The van der Waals surface area contributed by atoms with Gasteiger partial charge in [0.15, 0.2) is 0 Å². The molecule has 0 aliphatic carbocycles. The van der Waals surface area contributed by atoms with Crippen LogP contribution >= 0.6 is 0 Å². The minimum Gasteiger partial charge on any atom is -0.497 e. The molecule has 0 bridgehead atoms. The predicted octanol–water partition coefficient (Wildman–Crippen LogP) is 3.48. The largest absolute Gasteiger partial charge is 0.497 e. The molecular formula is C18H22N2O2. The second-order valence-electron chi connectivity index (χ2n) is 5.61. The second-order valence-corrected chi connectivity index (χ2v) is 5.61. The number of hydrogen-bond donors (Lipinski definition) is 0. The number of aromatic nitrogens is 1. The zero-order valence-corrected chi connectivity index (χ0v) is 13.2. The molecule has 1 aliphatic heterocycles. The van der Waals surface area contributed by atoms with Crippen molar-refractivity contribution in [1.29, 1.82) is 0 Å². The molecule has 1 aromatic heterocycles. The number of methoxy groups -OCH3 is 2. The molecule has 0 amide bonds. The number of anilines is 1. The fourth-order valence-electron chi connectivity index (χ4n) is 3.07. The van der Waals surface area contributed by atoms with Crippen LogP contribution in [-0.4, -0.2) is 32.3 Å². The van der Waals surface area contributed by atoms with Crippen LogP contribution < -0.4 is 14.4 Å². The SMILES string of the molecule is COc1ccc(C2CCCN(c3ccnc(OC)c3)C2)cc1. The molecule has 2 aromatic rings. The van der Waals surface area contributed by atoms with E-state index in [0.717, 1.165) is 18.8 Å². The molecule has 1 unspecified atom stereocenters. The number of ether oxygens (including phenoxy) is 2. The summed E-state index contributed by atoms with van der Waals surface area (Å²) in [6.07, 6.45) is 4.23. The van der Waals surface area contributed by atoms with Crippen molar-refractivity contribution in [2.24, 2.45) is 0 Å². The molecule has 1 fully saturated rings. The molecule has 1 atom stereocenters. The summed E-state index contributed by atoms with van der Waals surface area (Å²) in [7, 11) is 3.36. The summed E-state index contributed by atoms with van der Waals surface area (Å²) < 4.78 is 10.5. The summed E-state index contributed by atoms with van der Waals surface area (Å²) >= 11 is 0. The van der Waals surface area contributed by atoms with E-state index in [-0.39, 0.29) is 0 Å². The summed E-state index contributed by atoms with van der Waals surface area (Å²) in [4.78, 5) is 6.61. The van der Waals surface area contributed by atoms with Gasteiger partial charge < -0.3 is 14.4 Å². The maximum Gasteiger partial charge on any atom is 0.214 e. The van der Waals surface area contributed by atoms with Crippen LogP contribution in [0.15, 0.2) is 42.6 Å². The third-order valence-corrected chi connectivity index (χ3v) is 4.30. The first-order chi connectivity index (χ1) is 10.8. The lowest BCUT2D eigenvalue weighted by molar-refractivity contribution is 0.397. The molecule has 4 nitrogen and oxygen atoms in total. The molecule has 0 N–H and O–H groups in total. The van der Waals surface area contributed by atoms with Crippen LogP contribution in [0.25, 0.3) is 0 Å². The van der Waals surface area contributed by atoms with Gasteiger partial charge in [0.05, 0.1) is 14.2 Å². The molecule has 0 saturated carbocycles. The fraction of sp³-hybridized carbons (Fsp3) is 0.389. The van der Waals surface area contributed by atoms with Gasteiger partial charge in [0.1, 0.15) is 5.75 Å². The van der Waals surface area contributed by atoms with Gasteiger partial charge in [0.2, 0.25) is 5.88 Å². The second kappa shape index (κ2) is 6.69. The van der Waals surface area contributed by atoms with Gasteiger partial charge in [-0.05, 0) is 36.6 Å². The summed E-state index contributed by atoms with van der Waals surface area (Å²) in [5.74, 6) is 2.14. The number of hydrogen-bond acceptors (Lipinski definition) is 4. The Kier molecular flexibility index (Phi) is 4.47. The molecule has 22 heavy (non-hydrogen) atoms. The molecule has 1 saturated heterocycles. The average Bonchev–Trinajstić information content (AvgIpc) is 2.62. The van der Waals surface area contributed by atoms with E-state index in [2.05, 4.69) is 28.1 Å². The zero-order valence-electron chi connectivity index (χ0n) is 13.2. The van der Waals surface area contributed by atoms with Crippen molar-refractivity contribution < 1.29 is 9.47 Å². The van der Waals surface area contributed by atoms with E-state index in [1.165, 1.54) is 24.1 Å². The van der Waals surface area contributed by atoms with Crippen molar-refractivity contribution in [2.45, 2.75) is 18.8 Å². The summed E-state index contributed by atoms with van der Waals surface area (Å²) in [6.45, 7) is 2.11. The lowest BCUT2D eigenvalue weighted by Crippen LogP contribution is -2.34. The molecule has 1 aromatic carbocycles. The molecule has 4 heteroatoms. The van der Waals surface area contributed by atoms with Crippen LogP contribution in [0.5, 0.6) is 11.6 Å². The van der Waals surface area contributed by atoms with Gasteiger partial charge in [0.25, 0.3) is 0 Å². The van der Waals surface area contributed by atoms with Crippen molar-refractivity contribution in [2.75, 3.05) is 32.2 Å². The Morgan fingerprint density at radius 1 is 1.09 bits per heavy atom. The summed E-state index contributed by atoms with van der Waals surface area (Å²) in [5.41, 5.74) is 2.57. The number of nitrogens with zero attached hydrogens (tertiary/aromatic N) is 2. The fourth-order valence-corrected chi connectivity index (χ4v) is 3.07. The maximum absolute atomic E-state index is 5.24. The molecule has 3 rings (SSSR count). The third kappa shape index (κ3) is 3.16. The minimum absolute atomic E-state index is 0.554. The van der Waals surface area contributed by atoms with Crippen molar-refractivity contribution in [3.63, 3.8) is 0 Å². The zero-order chi connectivity index (χ0) is 15.4. The van der Waals surface area contributed by atoms with Crippen molar-refractivity contribution in [1.82, 2.24) is 4.98 Å². The van der Waals surface area contributed by atoms with E-state index >= 15 is 0 Å². The molecule has 116 valence electrons. The molecule has 1 aliphatic rings. The smallest absolute Gasteiger partial charge is 0.214 e. The van der Waals surface area contributed by atoms with E-state index in [9.17, 15) is 0 Å². The van der Waals surface area contributed by atoms with Crippen molar-refractivity contribution in [3.05, 3.63) is 48.2 Å². The number of piperidine rings is 1. The minimum atomic E-state index is 0.554. The van der Waals surface area contributed by atoms with Gasteiger partial charge in [-0.15, -0.1) is 0 Å². The van der Waals surface area contributed by atoms with Gasteiger partial charge >= 0.3 is 0 Å². The summed E-state index contributed by atoms with van der Waals surface area (Å²) in [5, 5.41) is 0. The average molecular weight is 298 g/mol. The Morgan fingerprint density at radius 3 is 2.64 bits per heavy atom. The van der Waals surface area contributed by atoms with Crippen LogP contribution in [0.1, 0.15) is 24.3 Å². The van der Waals surface area contributed by atoms with Crippen LogP contribution in [0.3, 0.4) is 0 Å². The van der Waals surface area contributed by atoms with E-state index in [0.29, 0.717) is 11.8 Å². The number of rotatable bonds is 4. The van der Waals surface area contributed by atoms with Crippen molar-refractivity contribution in [3.8, 4) is 11.6 Å². The highest BCUT2D eigenvalue weighted by Gasteiger charge is 2.22. The monoisotopic (exact) mass is 298 g/mol. The predicted molar refractivity (Wildman–Crippen MR) is 88.0 cm³/mol. The molecule has 2 heterocycles. The van der Waals surface area contributed by atoms with Crippen LogP contribution in [-0.2, 0) is 0 Å². The molecular weight excluding hydrogens is 276 g/mol. The van der Waals surface area contributed by atoms with Gasteiger partial charge in [0, 0.05) is 37.0 Å². The molecule has 0 spiro atoms. The highest BCUT2D eigenvalue weighted by molar-refractivity contribution is 5.49. The lowest BCUT2D eigenvalue weighted by Gasteiger charge is -2.34. The highest BCUT2D eigenvalue weighted by atomic mass is 16.5. The Labute approximate surface area is 131 Å².